The summed E-state index contributed by atoms with van der Waals surface area (Å²) in [6, 6.07) is 16.7. The third-order valence-electron chi connectivity index (χ3n) is 5.19. The first-order valence-electron chi connectivity index (χ1n) is 9.61. The number of nitrogens with zero attached hydrogens (tertiary/aromatic N) is 3. The minimum Gasteiger partial charge on any atom is -0.345 e. The van der Waals surface area contributed by atoms with Crippen LogP contribution in [0.3, 0.4) is 0 Å². The quantitative estimate of drug-likeness (QED) is 0.534. The first-order valence-corrected chi connectivity index (χ1v) is 9.61. The van der Waals surface area contributed by atoms with Crippen molar-refractivity contribution >= 4 is 28.6 Å². The molecule has 2 heterocycles. The van der Waals surface area contributed by atoms with Crippen LogP contribution in [0.1, 0.15) is 16.1 Å². The molecule has 1 aliphatic heterocycles. The van der Waals surface area contributed by atoms with Gasteiger partial charge in [0.15, 0.2) is 0 Å². The fourth-order valence-corrected chi connectivity index (χ4v) is 3.61. The predicted molar refractivity (Wildman–Crippen MR) is 113 cm³/mol. The van der Waals surface area contributed by atoms with Crippen molar-refractivity contribution in [2.75, 3.05) is 32.7 Å². The number of nitro benzene ring substituents is 1. The number of benzene rings is 2. The van der Waals surface area contributed by atoms with Gasteiger partial charge in [0.25, 0.3) is 11.6 Å². The van der Waals surface area contributed by atoms with E-state index in [4.69, 9.17) is 0 Å². The lowest BCUT2D eigenvalue weighted by atomic mass is 10.2. The molecular formula is C22H22N4O3. The summed E-state index contributed by atoms with van der Waals surface area (Å²) in [6.45, 7) is 3.71. The van der Waals surface area contributed by atoms with E-state index in [-0.39, 0.29) is 11.6 Å². The van der Waals surface area contributed by atoms with Gasteiger partial charge in [0.2, 0.25) is 0 Å². The van der Waals surface area contributed by atoms with E-state index in [1.165, 1.54) is 11.6 Å². The minimum absolute atomic E-state index is 0.0171. The predicted octanol–water partition coefficient (Wildman–Crippen LogP) is 3.55. The number of para-hydroxylation sites is 1. The van der Waals surface area contributed by atoms with Crippen molar-refractivity contribution in [1.29, 1.82) is 0 Å². The smallest absolute Gasteiger partial charge is 0.293 e. The van der Waals surface area contributed by atoms with E-state index < -0.39 is 4.92 Å². The van der Waals surface area contributed by atoms with Crippen LogP contribution in [0, 0.1) is 10.1 Å². The van der Waals surface area contributed by atoms with Crippen LogP contribution in [-0.2, 0) is 0 Å². The maximum absolute atomic E-state index is 12.8. The van der Waals surface area contributed by atoms with Gasteiger partial charge in [-0.2, -0.15) is 0 Å². The molecule has 0 saturated carbocycles. The summed E-state index contributed by atoms with van der Waals surface area (Å²) >= 11 is 0. The molecule has 0 unspecified atom stereocenters. The number of H-pyrrole nitrogens is 1. The zero-order valence-electron chi connectivity index (χ0n) is 16.0. The lowest BCUT2D eigenvalue weighted by molar-refractivity contribution is -0.383. The van der Waals surface area contributed by atoms with Crippen molar-refractivity contribution in [2.24, 2.45) is 0 Å². The Labute approximate surface area is 168 Å². The Morgan fingerprint density at radius 2 is 1.83 bits per heavy atom. The molecule has 148 valence electrons. The molecule has 1 aliphatic rings. The highest BCUT2D eigenvalue weighted by atomic mass is 16.6. The SMILES string of the molecule is O=C(c1cc2cccc([N+](=O)[O-])c2[nH]1)N1CCN(C/C=C/c2ccccc2)CC1. The number of carbonyl (C=O) groups excluding carboxylic acids is 1. The average molecular weight is 390 g/mol. The molecule has 1 N–H and O–H groups in total. The molecule has 1 fully saturated rings. The molecular weight excluding hydrogens is 368 g/mol. The minimum atomic E-state index is -0.436. The fourth-order valence-electron chi connectivity index (χ4n) is 3.61. The van der Waals surface area contributed by atoms with E-state index >= 15 is 0 Å². The number of hydrogen-bond donors (Lipinski definition) is 1. The van der Waals surface area contributed by atoms with Gasteiger partial charge in [-0.05, 0) is 11.6 Å². The van der Waals surface area contributed by atoms with E-state index in [9.17, 15) is 14.9 Å². The number of hydrogen-bond acceptors (Lipinski definition) is 4. The summed E-state index contributed by atoms with van der Waals surface area (Å²) in [5.74, 6) is -0.116. The topological polar surface area (TPSA) is 82.5 Å². The Bertz CT molecular complexity index is 1050. The lowest BCUT2D eigenvalue weighted by Crippen LogP contribution is -2.48. The Hall–Kier alpha value is -3.45. The van der Waals surface area contributed by atoms with Crippen LogP contribution in [-0.4, -0.2) is 58.3 Å². The van der Waals surface area contributed by atoms with Crippen LogP contribution < -0.4 is 0 Å². The number of non-ortho nitro benzene ring substituents is 1. The van der Waals surface area contributed by atoms with Gasteiger partial charge in [0, 0.05) is 44.2 Å². The van der Waals surface area contributed by atoms with Crippen LogP contribution in [0.15, 0.2) is 60.7 Å². The van der Waals surface area contributed by atoms with Gasteiger partial charge >= 0.3 is 0 Å². The third kappa shape index (κ3) is 4.20. The largest absolute Gasteiger partial charge is 0.345 e. The van der Waals surface area contributed by atoms with Gasteiger partial charge in [-0.1, -0.05) is 54.6 Å². The molecule has 0 radical (unpaired) electrons. The van der Waals surface area contributed by atoms with Crippen molar-refractivity contribution in [3.05, 3.63) is 82.0 Å². The monoisotopic (exact) mass is 390 g/mol. The van der Waals surface area contributed by atoms with Crippen LogP contribution in [0.25, 0.3) is 17.0 Å². The second-order valence-corrected chi connectivity index (χ2v) is 7.09. The second-order valence-electron chi connectivity index (χ2n) is 7.09. The van der Waals surface area contributed by atoms with Crippen LogP contribution in [0.5, 0.6) is 0 Å². The number of carbonyl (C=O) groups is 1. The van der Waals surface area contributed by atoms with Gasteiger partial charge in [0.05, 0.1) is 4.92 Å². The van der Waals surface area contributed by atoms with Gasteiger partial charge in [-0.25, -0.2) is 0 Å². The Balaban J connectivity index is 1.37. The zero-order valence-corrected chi connectivity index (χ0v) is 16.0. The third-order valence-corrected chi connectivity index (χ3v) is 5.19. The van der Waals surface area contributed by atoms with Crippen molar-refractivity contribution in [1.82, 2.24) is 14.8 Å². The van der Waals surface area contributed by atoms with Crippen molar-refractivity contribution < 1.29 is 9.72 Å². The molecule has 3 aromatic rings. The number of fused-ring (bicyclic) bond motifs is 1. The summed E-state index contributed by atoms with van der Waals surface area (Å²) < 4.78 is 0. The number of nitrogens with one attached hydrogen (secondary N) is 1. The molecule has 4 rings (SSSR count). The summed E-state index contributed by atoms with van der Waals surface area (Å²) in [7, 11) is 0. The van der Waals surface area contributed by atoms with Crippen molar-refractivity contribution in [3.8, 4) is 0 Å². The maximum Gasteiger partial charge on any atom is 0.293 e. The average Bonchev–Trinajstić information content (AvgIpc) is 3.19. The second kappa shape index (κ2) is 8.28. The number of rotatable bonds is 5. The Morgan fingerprint density at radius 3 is 2.55 bits per heavy atom. The van der Waals surface area contributed by atoms with Gasteiger partial charge < -0.3 is 9.88 Å². The summed E-state index contributed by atoms with van der Waals surface area (Å²) in [4.78, 5) is 30.7. The molecule has 0 bridgehead atoms. The van der Waals surface area contributed by atoms with E-state index in [0.29, 0.717) is 29.7 Å². The summed E-state index contributed by atoms with van der Waals surface area (Å²) in [5, 5.41) is 11.9. The van der Waals surface area contributed by atoms with Gasteiger partial charge in [-0.3, -0.25) is 19.8 Å². The normalized spacial score (nSPS) is 15.2. The number of piperazine rings is 1. The maximum atomic E-state index is 12.8. The van der Waals surface area contributed by atoms with E-state index in [2.05, 4.69) is 34.2 Å². The molecule has 0 atom stereocenters. The van der Waals surface area contributed by atoms with E-state index in [0.717, 1.165) is 19.6 Å². The summed E-state index contributed by atoms with van der Waals surface area (Å²) in [5.41, 5.74) is 1.95. The highest BCUT2D eigenvalue weighted by Crippen LogP contribution is 2.26. The molecule has 2 aromatic carbocycles. The first-order chi connectivity index (χ1) is 14.1. The van der Waals surface area contributed by atoms with Crippen LogP contribution in [0.4, 0.5) is 5.69 Å². The van der Waals surface area contributed by atoms with Crippen molar-refractivity contribution in [2.45, 2.75) is 0 Å². The Morgan fingerprint density at radius 1 is 1.07 bits per heavy atom. The van der Waals surface area contributed by atoms with Crippen molar-refractivity contribution in [3.63, 3.8) is 0 Å². The molecule has 1 amide bonds. The van der Waals surface area contributed by atoms with E-state index in [1.807, 2.05) is 18.2 Å². The fraction of sp³-hybridized carbons (Fsp3) is 0.227. The van der Waals surface area contributed by atoms with Crippen LogP contribution in [0.2, 0.25) is 0 Å². The number of aromatic nitrogens is 1. The number of nitro groups is 1. The molecule has 7 nitrogen and oxygen atoms in total. The molecule has 7 heteroatoms. The lowest BCUT2D eigenvalue weighted by Gasteiger charge is -2.33. The summed E-state index contributed by atoms with van der Waals surface area (Å²) in [6.07, 6.45) is 4.25. The highest BCUT2D eigenvalue weighted by Gasteiger charge is 2.24. The first kappa shape index (κ1) is 18.9. The van der Waals surface area contributed by atoms with Gasteiger partial charge in [-0.15, -0.1) is 0 Å². The number of aromatic amines is 1. The highest BCUT2D eigenvalue weighted by molar-refractivity contribution is 6.00. The molecule has 0 spiro atoms. The number of amides is 1. The Kier molecular flexibility index (Phi) is 5.39. The molecule has 1 saturated heterocycles. The molecule has 1 aromatic heterocycles. The molecule has 0 aliphatic carbocycles. The van der Waals surface area contributed by atoms with Gasteiger partial charge in [0.1, 0.15) is 11.2 Å². The standard InChI is InChI=1S/C22H22N4O3/c27-22(19-16-18-9-4-10-20(26(28)29)21(18)23-19)25-14-12-24(13-15-25)11-5-8-17-6-2-1-3-7-17/h1-10,16,23H,11-15H2/b8-5+. The van der Waals surface area contributed by atoms with Crippen LogP contribution >= 0.6 is 0 Å². The van der Waals surface area contributed by atoms with E-state index in [1.54, 1.807) is 23.1 Å². The molecule has 29 heavy (non-hydrogen) atoms. The zero-order chi connectivity index (χ0) is 20.2.